The summed E-state index contributed by atoms with van der Waals surface area (Å²) in [5.41, 5.74) is 6.22. The number of hydrogen-bond acceptors (Lipinski definition) is 4. The number of aromatic nitrogens is 2. The average molecular weight is 385 g/mol. The topological polar surface area (TPSA) is 93.1 Å². The standard InChI is InChI=1S/C19H17ClN4O3/c1-12-5-4-7-14-17(12)21-11-24(19(14)27)10-9-16(25)22-23-18(26)13-6-2-3-8-15(13)20/h2-8,11H,9-10H2,1H3,(H,22,25)(H,23,26). The minimum atomic E-state index is -0.519. The molecule has 2 amide bonds. The van der Waals surface area contributed by atoms with E-state index in [2.05, 4.69) is 15.8 Å². The summed E-state index contributed by atoms with van der Waals surface area (Å²) < 4.78 is 1.37. The molecule has 0 spiro atoms. The van der Waals surface area contributed by atoms with Crippen molar-refractivity contribution >= 4 is 34.3 Å². The first kappa shape index (κ1) is 18.6. The molecule has 0 radical (unpaired) electrons. The van der Waals surface area contributed by atoms with Crippen molar-refractivity contribution < 1.29 is 9.59 Å². The van der Waals surface area contributed by atoms with Crippen molar-refractivity contribution in [1.82, 2.24) is 20.4 Å². The van der Waals surface area contributed by atoms with Crippen LogP contribution in [0.3, 0.4) is 0 Å². The Morgan fingerprint density at radius 3 is 2.67 bits per heavy atom. The number of para-hydroxylation sites is 1. The number of nitrogens with one attached hydrogen (secondary N) is 2. The van der Waals surface area contributed by atoms with Crippen LogP contribution in [0.15, 0.2) is 53.6 Å². The second kappa shape index (κ2) is 8.01. The molecule has 27 heavy (non-hydrogen) atoms. The molecule has 0 unspecified atom stereocenters. The highest BCUT2D eigenvalue weighted by molar-refractivity contribution is 6.33. The molecule has 0 aliphatic heterocycles. The Morgan fingerprint density at radius 2 is 1.89 bits per heavy atom. The summed E-state index contributed by atoms with van der Waals surface area (Å²) in [5, 5.41) is 0.790. The van der Waals surface area contributed by atoms with Gasteiger partial charge < -0.3 is 0 Å². The summed E-state index contributed by atoms with van der Waals surface area (Å²) in [6, 6.07) is 11.9. The molecule has 0 bridgehead atoms. The van der Waals surface area contributed by atoms with E-state index in [0.717, 1.165) is 5.56 Å². The second-order valence-corrected chi connectivity index (χ2v) is 6.35. The number of benzene rings is 2. The van der Waals surface area contributed by atoms with Gasteiger partial charge in [-0.2, -0.15) is 0 Å². The maximum absolute atomic E-state index is 12.5. The minimum absolute atomic E-state index is 0.00170. The van der Waals surface area contributed by atoms with Gasteiger partial charge in [0, 0.05) is 13.0 Å². The van der Waals surface area contributed by atoms with Gasteiger partial charge >= 0.3 is 0 Å². The third kappa shape index (κ3) is 4.15. The van der Waals surface area contributed by atoms with Crippen molar-refractivity contribution in [2.45, 2.75) is 19.9 Å². The van der Waals surface area contributed by atoms with Gasteiger partial charge in [0.25, 0.3) is 11.5 Å². The van der Waals surface area contributed by atoms with E-state index in [9.17, 15) is 14.4 Å². The van der Waals surface area contributed by atoms with Crippen LogP contribution in [0, 0.1) is 6.92 Å². The molecule has 0 aliphatic carbocycles. The lowest BCUT2D eigenvalue weighted by molar-refractivity contribution is -0.122. The molecule has 2 aromatic carbocycles. The third-order valence-electron chi connectivity index (χ3n) is 4.07. The number of rotatable bonds is 4. The van der Waals surface area contributed by atoms with Crippen LogP contribution in [0.4, 0.5) is 0 Å². The highest BCUT2D eigenvalue weighted by atomic mass is 35.5. The number of fused-ring (bicyclic) bond motifs is 1. The lowest BCUT2D eigenvalue weighted by atomic mass is 10.1. The number of nitrogens with zero attached hydrogens (tertiary/aromatic N) is 2. The Hall–Kier alpha value is -3.19. The fourth-order valence-electron chi connectivity index (χ4n) is 2.62. The van der Waals surface area contributed by atoms with Crippen LogP contribution >= 0.6 is 11.6 Å². The molecule has 0 fully saturated rings. The van der Waals surface area contributed by atoms with Crippen LogP contribution in [0.5, 0.6) is 0 Å². The van der Waals surface area contributed by atoms with Gasteiger partial charge in [0.05, 0.1) is 27.8 Å². The number of aryl methyl sites for hydroxylation is 2. The fourth-order valence-corrected chi connectivity index (χ4v) is 2.84. The molecule has 2 N–H and O–H groups in total. The van der Waals surface area contributed by atoms with Crippen LogP contribution in [0.2, 0.25) is 5.02 Å². The maximum atomic E-state index is 12.5. The van der Waals surface area contributed by atoms with E-state index in [0.29, 0.717) is 10.9 Å². The molecular weight excluding hydrogens is 368 g/mol. The van der Waals surface area contributed by atoms with Gasteiger partial charge in [-0.05, 0) is 30.7 Å². The largest absolute Gasteiger partial charge is 0.298 e. The van der Waals surface area contributed by atoms with E-state index in [4.69, 9.17) is 11.6 Å². The summed E-state index contributed by atoms with van der Waals surface area (Å²) in [6.07, 6.45) is 1.43. The van der Waals surface area contributed by atoms with Crippen molar-refractivity contribution in [3.05, 3.63) is 75.3 Å². The molecule has 0 saturated carbocycles. The second-order valence-electron chi connectivity index (χ2n) is 5.95. The predicted molar refractivity (Wildman–Crippen MR) is 102 cm³/mol. The van der Waals surface area contributed by atoms with Gasteiger partial charge in [-0.25, -0.2) is 4.98 Å². The van der Waals surface area contributed by atoms with E-state index < -0.39 is 11.8 Å². The van der Waals surface area contributed by atoms with Gasteiger partial charge in [0.2, 0.25) is 5.91 Å². The molecule has 0 saturated heterocycles. The molecule has 7 nitrogen and oxygen atoms in total. The van der Waals surface area contributed by atoms with Gasteiger partial charge in [-0.1, -0.05) is 35.9 Å². The maximum Gasteiger partial charge on any atom is 0.271 e. The molecule has 0 aliphatic rings. The van der Waals surface area contributed by atoms with Crippen LogP contribution < -0.4 is 16.4 Å². The number of hydrazine groups is 1. The molecular formula is C19H17ClN4O3. The van der Waals surface area contributed by atoms with Crippen molar-refractivity contribution in [3.8, 4) is 0 Å². The van der Waals surface area contributed by atoms with Crippen molar-refractivity contribution in [1.29, 1.82) is 0 Å². The lowest BCUT2D eigenvalue weighted by Crippen LogP contribution is -2.42. The number of halogens is 1. The summed E-state index contributed by atoms with van der Waals surface area (Å²) in [7, 11) is 0. The lowest BCUT2D eigenvalue weighted by Gasteiger charge is -2.10. The molecule has 3 aromatic rings. The normalized spacial score (nSPS) is 10.6. The SMILES string of the molecule is Cc1cccc2c(=O)n(CCC(=O)NNC(=O)c3ccccc3Cl)cnc12. The summed E-state index contributed by atoms with van der Waals surface area (Å²) in [6.45, 7) is 2.03. The van der Waals surface area contributed by atoms with Crippen LogP contribution in [0.25, 0.3) is 10.9 Å². The average Bonchev–Trinajstić information content (AvgIpc) is 2.66. The quantitative estimate of drug-likeness (QED) is 0.674. The van der Waals surface area contributed by atoms with Gasteiger partial charge in [0.1, 0.15) is 0 Å². The van der Waals surface area contributed by atoms with E-state index in [1.165, 1.54) is 10.9 Å². The first-order valence-electron chi connectivity index (χ1n) is 8.26. The summed E-state index contributed by atoms with van der Waals surface area (Å²) >= 11 is 5.93. The minimum Gasteiger partial charge on any atom is -0.298 e. The Morgan fingerprint density at radius 1 is 1.11 bits per heavy atom. The predicted octanol–water partition coefficient (Wildman–Crippen LogP) is 2.21. The molecule has 3 rings (SSSR count). The number of carbonyl (C=O) groups excluding carboxylic acids is 2. The third-order valence-corrected chi connectivity index (χ3v) is 4.40. The number of amides is 2. The van der Waals surface area contributed by atoms with Crippen LogP contribution in [0.1, 0.15) is 22.3 Å². The number of carbonyl (C=O) groups is 2. The van der Waals surface area contributed by atoms with E-state index >= 15 is 0 Å². The van der Waals surface area contributed by atoms with Gasteiger partial charge in [0.15, 0.2) is 0 Å². The zero-order valence-corrected chi connectivity index (χ0v) is 15.3. The van der Waals surface area contributed by atoms with Crippen molar-refractivity contribution in [2.24, 2.45) is 0 Å². The van der Waals surface area contributed by atoms with Gasteiger partial charge in [-0.3, -0.25) is 29.8 Å². The van der Waals surface area contributed by atoms with Crippen LogP contribution in [-0.4, -0.2) is 21.4 Å². The molecule has 8 heteroatoms. The Bertz CT molecular complexity index is 1080. The molecule has 138 valence electrons. The van der Waals surface area contributed by atoms with Gasteiger partial charge in [-0.15, -0.1) is 0 Å². The molecule has 1 heterocycles. The highest BCUT2D eigenvalue weighted by Crippen LogP contribution is 2.14. The number of hydrogen-bond donors (Lipinski definition) is 2. The van der Waals surface area contributed by atoms with E-state index in [-0.39, 0.29) is 29.1 Å². The molecule has 0 atom stereocenters. The summed E-state index contributed by atoms with van der Waals surface area (Å²) in [5.74, 6) is -0.958. The monoisotopic (exact) mass is 384 g/mol. The van der Waals surface area contributed by atoms with E-state index in [1.54, 1.807) is 36.4 Å². The Labute approximate surface area is 160 Å². The zero-order valence-electron chi connectivity index (χ0n) is 14.5. The first-order chi connectivity index (χ1) is 13.0. The van der Waals surface area contributed by atoms with Crippen molar-refractivity contribution in [3.63, 3.8) is 0 Å². The summed E-state index contributed by atoms with van der Waals surface area (Å²) in [4.78, 5) is 40.8. The Balaban J connectivity index is 1.60. The first-order valence-corrected chi connectivity index (χ1v) is 8.63. The highest BCUT2D eigenvalue weighted by Gasteiger charge is 2.11. The van der Waals surface area contributed by atoms with Crippen molar-refractivity contribution in [2.75, 3.05) is 0 Å². The van der Waals surface area contributed by atoms with E-state index in [1.807, 2.05) is 13.0 Å². The molecule has 1 aromatic heterocycles. The zero-order chi connectivity index (χ0) is 19.4. The Kier molecular flexibility index (Phi) is 5.52. The smallest absolute Gasteiger partial charge is 0.271 e. The van der Waals surface area contributed by atoms with Crippen LogP contribution in [-0.2, 0) is 11.3 Å². The fraction of sp³-hybridized carbons (Fsp3) is 0.158.